The topological polar surface area (TPSA) is 32.3 Å². The maximum Gasteiger partial charge on any atom is 0.0762 e. The zero-order valence-corrected chi connectivity index (χ0v) is 10.2. The van der Waals surface area contributed by atoms with Crippen molar-refractivity contribution in [2.75, 3.05) is 13.1 Å². The summed E-state index contributed by atoms with van der Waals surface area (Å²) in [4.78, 5) is 0. The summed E-state index contributed by atoms with van der Waals surface area (Å²) in [6, 6.07) is 10.3. The Labute approximate surface area is 97.7 Å². The number of hydrogen-bond donors (Lipinski definition) is 2. The molecule has 2 heteroatoms. The summed E-state index contributed by atoms with van der Waals surface area (Å²) in [5.74, 6) is 0. The molecule has 0 spiro atoms. The Morgan fingerprint density at radius 2 is 1.94 bits per heavy atom. The average molecular weight is 219 g/mol. The second kappa shape index (κ2) is 4.19. The first-order chi connectivity index (χ1) is 7.54. The van der Waals surface area contributed by atoms with Crippen molar-refractivity contribution >= 4 is 0 Å². The lowest BCUT2D eigenvalue weighted by Crippen LogP contribution is -2.57. The van der Waals surface area contributed by atoms with E-state index in [4.69, 9.17) is 0 Å². The van der Waals surface area contributed by atoms with E-state index in [0.29, 0.717) is 0 Å². The summed E-state index contributed by atoms with van der Waals surface area (Å²) in [6.07, 6.45) is 1.58. The van der Waals surface area contributed by atoms with Crippen LogP contribution in [-0.2, 0) is 6.42 Å². The van der Waals surface area contributed by atoms with Crippen molar-refractivity contribution in [2.24, 2.45) is 5.41 Å². The molecule has 0 amide bonds. The maximum absolute atomic E-state index is 10.8. The quantitative estimate of drug-likeness (QED) is 0.797. The molecule has 1 heterocycles. The van der Waals surface area contributed by atoms with Gasteiger partial charge in [-0.2, -0.15) is 0 Å². The number of benzene rings is 1. The molecule has 1 fully saturated rings. The van der Waals surface area contributed by atoms with E-state index in [9.17, 15) is 5.11 Å². The summed E-state index contributed by atoms with van der Waals surface area (Å²) < 4.78 is 0. The summed E-state index contributed by atoms with van der Waals surface area (Å²) in [5.41, 5.74) is 0.570. The number of rotatable bonds is 2. The molecule has 2 rings (SSSR count). The van der Waals surface area contributed by atoms with Crippen LogP contribution in [0.15, 0.2) is 30.3 Å². The lowest BCUT2D eigenvalue weighted by atomic mass is 9.68. The van der Waals surface area contributed by atoms with Gasteiger partial charge in [-0.3, -0.25) is 0 Å². The molecule has 1 aromatic carbocycles. The van der Waals surface area contributed by atoms with E-state index in [1.807, 2.05) is 18.2 Å². The van der Waals surface area contributed by atoms with Gasteiger partial charge in [0.05, 0.1) is 5.60 Å². The molecule has 1 saturated heterocycles. The Hall–Kier alpha value is -0.860. The highest BCUT2D eigenvalue weighted by molar-refractivity contribution is 5.19. The van der Waals surface area contributed by atoms with Gasteiger partial charge in [0.2, 0.25) is 0 Å². The minimum atomic E-state index is -0.584. The Kier molecular flexibility index (Phi) is 3.04. The first kappa shape index (κ1) is 11.6. The maximum atomic E-state index is 10.8. The van der Waals surface area contributed by atoms with Crippen LogP contribution >= 0.6 is 0 Å². The predicted molar refractivity (Wildman–Crippen MR) is 66.4 cm³/mol. The van der Waals surface area contributed by atoms with Crippen LogP contribution in [0, 0.1) is 5.41 Å². The normalized spacial score (nSPS) is 28.9. The van der Waals surface area contributed by atoms with E-state index >= 15 is 0 Å². The van der Waals surface area contributed by atoms with Crippen molar-refractivity contribution in [3.05, 3.63) is 35.9 Å². The number of hydrogen-bond acceptors (Lipinski definition) is 2. The van der Waals surface area contributed by atoms with Crippen molar-refractivity contribution in [2.45, 2.75) is 32.3 Å². The minimum Gasteiger partial charge on any atom is -0.389 e. The molecule has 0 radical (unpaired) electrons. The molecule has 88 valence electrons. The Morgan fingerprint density at radius 3 is 2.56 bits per heavy atom. The van der Waals surface area contributed by atoms with Gasteiger partial charge >= 0.3 is 0 Å². The molecule has 1 aliphatic rings. The lowest BCUT2D eigenvalue weighted by Gasteiger charge is -2.47. The van der Waals surface area contributed by atoms with Crippen LogP contribution in [0.3, 0.4) is 0 Å². The Balaban J connectivity index is 2.18. The fraction of sp³-hybridized carbons (Fsp3) is 0.571. The molecular weight excluding hydrogens is 198 g/mol. The van der Waals surface area contributed by atoms with Crippen LogP contribution in [0.1, 0.15) is 25.8 Å². The average Bonchev–Trinajstić information content (AvgIpc) is 2.24. The third kappa shape index (κ3) is 2.13. The fourth-order valence-corrected chi connectivity index (χ4v) is 2.46. The molecule has 1 unspecified atom stereocenters. The molecule has 0 aliphatic carbocycles. The van der Waals surface area contributed by atoms with Gasteiger partial charge in [0.1, 0.15) is 0 Å². The zero-order valence-electron chi connectivity index (χ0n) is 10.2. The van der Waals surface area contributed by atoms with Crippen LogP contribution in [0.5, 0.6) is 0 Å². The predicted octanol–water partition coefficient (Wildman–Crippen LogP) is 1.98. The van der Waals surface area contributed by atoms with Crippen LogP contribution in [0.2, 0.25) is 0 Å². The van der Waals surface area contributed by atoms with Crippen molar-refractivity contribution in [1.82, 2.24) is 5.32 Å². The van der Waals surface area contributed by atoms with E-state index in [0.717, 1.165) is 25.9 Å². The van der Waals surface area contributed by atoms with Gasteiger partial charge in [-0.05, 0) is 18.5 Å². The van der Waals surface area contributed by atoms with Crippen molar-refractivity contribution in [1.29, 1.82) is 0 Å². The van der Waals surface area contributed by atoms with Crippen molar-refractivity contribution in [3.63, 3.8) is 0 Å². The first-order valence-electron chi connectivity index (χ1n) is 6.01. The van der Waals surface area contributed by atoms with Crippen LogP contribution in [0.4, 0.5) is 0 Å². The van der Waals surface area contributed by atoms with Gasteiger partial charge in [-0.1, -0.05) is 44.2 Å². The zero-order chi connectivity index (χ0) is 11.6. The molecular formula is C14H21NO. The van der Waals surface area contributed by atoms with Gasteiger partial charge in [-0.15, -0.1) is 0 Å². The van der Waals surface area contributed by atoms with E-state index in [1.165, 1.54) is 5.56 Å². The Bertz CT molecular complexity index is 347. The monoisotopic (exact) mass is 219 g/mol. The van der Waals surface area contributed by atoms with Crippen LogP contribution in [-0.4, -0.2) is 23.8 Å². The molecule has 0 saturated carbocycles. The summed E-state index contributed by atoms with van der Waals surface area (Å²) in [6.45, 7) is 6.08. The van der Waals surface area contributed by atoms with Gasteiger partial charge < -0.3 is 10.4 Å². The van der Waals surface area contributed by atoms with E-state index < -0.39 is 5.60 Å². The summed E-state index contributed by atoms with van der Waals surface area (Å²) in [5, 5.41) is 14.2. The van der Waals surface area contributed by atoms with Crippen molar-refractivity contribution in [3.8, 4) is 0 Å². The first-order valence-corrected chi connectivity index (χ1v) is 6.01. The fourth-order valence-electron chi connectivity index (χ4n) is 2.46. The highest BCUT2D eigenvalue weighted by Gasteiger charge is 2.44. The van der Waals surface area contributed by atoms with Crippen molar-refractivity contribution < 1.29 is 5.11 Å². The minimum absolute atomic E-state index is 0.0684. The molecule has 1 atom stereocenters. The van der Waals surface area contributed by atoms with Gasteiger partial charge in [0.15, 0.2) is 0 Å². The summed E-state index contributed by atoms with van der Waals surface area (Å²) in [7, 11) is 0. The second-order valence-corrected chi connectivity index (χ2v) is 5.50. The highest BCUT2D eigenvalue weighted by Crippen LogP contribution is 2.38. The number of piperidine rings is 1. The van der Waals surface area contributed by atoms with Crippen LogP contribution in [0.25, 0.3) is 0 Å². The van der Waals surface area contributed by atoms with E-state index in [1.54, 1.807) is 0 Å². The number of nitrogens with one attached hydrogen (secondary N) is 1. The van der Waals surface area contributed by atoms with Gasteiger partial charge in [0.25, 0.3) is 0 Å². The largest absolute Gasteiger partial charge is 0.389 e. The molecule has 1 aliphatic heterocycles. The Morgan fingerprint density at radius 1 is 1.25 bits per heavy atom. The lowest BCUT2D eigenvalue weighted by molar-refractivity contribution is -0.0869. The molecule has 0 bridgehead atoms. The van der Waals surface area contributed by atoms with Gasteiger partial charge in [0, 0.05) is 18.4 Å². The molecule has 2 nitrogen and oxygen atoms in total. The molecule has 0 aromatic heterocycles. The van der Waals surface area contributed by atoms with E-state index in [-0.39, 0.29) is 5.41 Å². The number of aliphatic hydroxyl groups is 1. The molecule has 2 N–H and O–H groups in total. The third-order valence-corrected chi connectivity index (χ3v) is 3.88. The second-order valence-electron chi connectivity index (χ2n) is 5.50. The van der Waals surface area contributed by atoms with Gasteiger partial charge in [-0.25, -0.2) is 0 Å². The molecule has 1 aromatic rings. The van der Waals surface area contributed by atoms with E-state index in [2.05, 4.69) is 31.3 Å². The van der Waals surface area contributed by atoms with Crippen LogP contribution < -0.4 is 5.32 Å². The smallest absolute Gasteiger partial charge is 0.0762 e. The molecule has 16 heavy (non-hydrogen) atoms. The SMILES string of the molecule is CC1(C)CNCCC1(O)Cc1ccccc1. The third-order valence-electron chi connectivity index (χ3n) is 3.88. The summed E-state index contributed by atoms with van der Waals surface area (Å²) >= 11 is 0. The standard InChI is InChI=1S/C14H21NO/c1-13(2)11-15-9-8-14(13,16)10-12-6-4-3-5-7-12/h3-7,15-16H,8-11H2,1-2H3. The highest BCUT2D eigenvalue weighted by atomic mass is 16.3.